The zero-order chi connectivity index (χ0) is 15.6. The number of hydrogen-bond acceptors (Lipinski definition) is 2. The number of aryl methyl sites for hydroxylation is 1. The lowest BCUT2D eigenvalue weighted by Gasteiger charge is -2.10. The van der Waals surface area contributed by atoms with Crippen LogP contribution in [0.1, 0.15) is 26.3 Å². The summed E-state index contributed by atoms with van der Waals surface area (Å²) in [6.45, 7) is 1.91. The number of carbonyl (C=O) groups excluding carboxylic acids is 1. The molecular weight excluding hydrogens is 358 g/mol. The first-order valence-corrected chi connectivity index (χ1v) is 7.16. The lowest BCUT2D eigenvalue weighted by atomic mass is 10.1. The summed E-state index contributed by atoms with van der Waals surface area (Å²) in [7, 11) is 0. The summed E-state index contributed by atoms with van der Waals surface area (Å²) in [5.74, 6) is -1.53. The standard InChI is InChI=1S/C15H11BrClNO3/c1-8-2-3-9(6-12(8)16)14(19)18-13-7-10(17)4-5-11(13)15(20)21/h2-7H,1H3,(H,18,19)(H,20,21). The monoisotopic (exact) mass is 367 g/mol. The highest BCUT2D eigenvalue weighted by atomic mass is 79.9. The molecule has 0 bridgehead atoms. The Kier molecular flexibility index (Phi) is 4.65. The van der Waals surface area contributed by atoms with Crippen LogP contribution in [0.15, 0.2) is 40.9 Å². The van der Waals surface area contributed by atoms with Crippen LogP contribution in [0.2, 0.25) is 5.02 Å². The van der Waals surface area contributed by atoms with Gasteiger partial charge in [0.2, 0.25) is 0 Å². The Morgan fingerprint density at radius 2 is 1.90 bits per heavy atom. The van der Waals surface area contributed by atoms with Crippen LogP contribution < -0.4 is 5.32 Å². The van der Waals surface area contributed by atoms with Gasteiger partial charge in [-0.05, 0) is 42.8 Å². The first-order valence-electron chi connectivity index (χ1n) is 5.99. The average Bonchev–Trinajstić information content (AvgIpc) is 2.41. The molecule has 0 saturated carbocycles. The molecule has 6 heteroatoms. The van der Waals surface area contributed by atoms with Crippen molar-refractivity contribution in [3.05, 3.63) is 62.6 Å². The summed E-state index contributed by atoms with van der Waals surface area (Å²) in [6.07, 6.45) is 0. The number of rotatable bonds is 3. The van der Waals surface area contributed by atoms with Gasteiger partial charge in [-0.25, -0.2) is 4.79 Å². The first kappa shape index (κ1) is 15.5. The second-order valence-electron chi connectivity index (χ2n) is 4.41. The van der Waals surface area contributed by atoms with Gasteiger partial charge < -0.3 is 10.4 Å². The van der Waals surface area contributed by atoms with E-state index in [1.165, 1.54) is 18.2 Å². The van der Waals surface area contributed by atoms with Crippen LogP contribution in [0.25, 0.3) is 0 Å². The molecule has 0 aliphatic rings. The van der Waals surface area contributed by atoms with Gasteiger partial charge in [-0.1, -0.05) is 33.6 Å². The van der Waals surface area contributed by atoms with Crippen molar-refractivity contribution in [2.75, 3.05) is 5.32 Å². The van der Waals surface area contributed by atoms with Crippen molar-refractivity contribution < 1.29 is 14.7 Å². The molecule has 0 saturated heterocycles. The van der Waals surface area contributed by atoms with Crippen molar-refractivity contribution in [1.29, 1.82) is 0 Å². The van der Waals surface area contributed by atoms with Crippen LogP contribution in [0.5, 0.6) is 0 Å². The van der Waals surface area contributed by atoms with Gasteiger partial charge in [0.1, 0.15) is 0 Å². The van der Waals surface area contributed by atoms with Gasteiger partial charge in [0.05, 0.1) is 11.3 Å². The fraction of sp³-hybridized carbons (Fsp3) is 0.0667. The van der Waals surface area contributed by atoms with Gasteiger partial charge in [0.15, 0.2) is 0 Å². The fourth-order valence-corrected chi connectivity index (χ4v) is 2.29. The molecule has 2 aromatic carbocycles. The van der Waals surface area contributed by atoms with E-state index in [0.717, 1.165) is 10.0 Å². The number of carbonyl (C=O) groups is 2. The van der Waals surface area contributed by atoms with E-state index in [-0.39, 0.29) is 11.3 Å². The van der Waals surface area contributed by atoms with Crippen molar-refractivity contribution in [2.45, 2.75) is 6.92 Å². The first-order chi connectivity index (χ1) is 9.88. The van der Waals surface area contributed by atoms with E-state index in [4.69, 9.17) is 16.7 Å². The van der Waals surface area contributed by atoms with E-state index in [0.29, 0.717) is 10.6 Å². The molecule has 0 heterocycles. The molecule has 0 aliphatic carbocycles. The van der Waals surface area contributed by atoms with Crippen LogP contribution in [0.3, 0.4) is 0 Å². The molecule has 4 nitrogen and oxygen atoms in total. The molecule has 108 valence electrons. The zero-order valence-corrected chi connectivity index (χ0v) is 13.3. The Morgan fingerprint density at radius 3 is 2.52 bits per heavy atom. The van der Waals surface area contributed by atoms with Crippen molar-refractivity contribution >= 4 is 45.1 Å². The van der Waals surface area contributed by atoms with Crippen molar-refractivity contribution in [3.8, 4) is 0 Å². The highest BCUT2D eigenvalue weighted by Gasteiger charge is 2.14. The Hall–Kier alpha value is -1.85. The predicted octanol–water partition coefficient (Wildman–Crippen LogP) is 4.36. The van der Waals surface area contributed by atoms with E-state index in [1.54, 1.807) is 18.2 Å². The minimum absolute atomic E-state index is 0.0149. The molecule has 0 radical (unpaired) electrons. The molecule has 2 rings (SSSR count). The Balaban J connectivity index is 2.33. The molecule has 0 spiro atoms. The van der Waals surface area contributed by atoms with Crippen LogP contribution in [0, 0.1) is 6.92 Å². The number of anilines is 1. The molecular formula is C15H11BrClNO3. The smallest absolute Gasteiger partial charge is 0.337 e. The maximum atomic E-state index is 12.2. The Bertz CT molecular complexity index is 731. The molecule has 0 atom stereocenters. The highest BCUT2D eigenvalue weighted by Crippen LogP contribution is 2.23. The zero-order valence-electron chi connectivity index (χ0n) is 11.0. The maximum absolute atomic E-state index is 12.2. The molecule has 21 heavy (non-hydrogen) atoms. The van der Waals surface area contributed by atoms with Crippen molar-refractivity contribution in [3.63, 3.8) is 0 Å². The number of hydrogen-bond donors (Lipinski definition) is 2. The molecule has 1 amide bonds. The lowest BCUT2D eigenvalue weighted by molar-refractivity contribution is 0.0698. The molecule has 2 N–H and O–H groups in total. The molecule has 0 aliphatic heterocycles. The SMILES string of the molecule is Cc1ccc(C(=O)Nc2cc(Cl)ccc2C(=O)O)cc1Br. The topological polar surface area (TPSA) is 66.4 Å². The van der Waals surface area contributed by atoms with Gasteiger partial charge in [-0.15, -0.1) is 0 Å². The third kappa shape index (κ3) is 3.62. The molecule has 0 unspecified atom stereocenters. The summed E-state index contributed by atoms with van der Waals surface area (Å²) < 4.78 is 0.805. The van der Waals surface area contributed by atoms with E-state index in [2.05, 4.69) is 21.2 Å². The number of carboxylic acids is 1. The summed E-state index contributed by atoms with van der Waals surface area (Å²) >= 11 is 9.20. The van der Waals surface area contributed by atoms with E-state index >= 15 is 0 Å². The van der Waals surface area contributed by atoms with Gasteiger partial charge in [0, 0.05) is 15.1 Å². The number of benzene rings is 2. The van der Waals surface area contributed by atoms with E-state index in [1.807, 2.05) is 6.92 Å². The normalized spacial score (nSPS) is 10.2. The summed E-state index contributed by atoms with van der Waals surface area (Å²) in [4.78, 5) is 23.3. The minimum atomic E-state index is -1.13. The number of halogens is 2. The quantitative estimate of drug-likeness (QED) is 0.846. The maximum Gasteiger partial charge on any atom is 0.337 e. The number of amides is 1. The van der Waals surface area contributed by atoms with Gasteiger partial charge >= 0.3 is 5.97 Å². The Morgan fingerprint density at radius 1 is 1.19 bits per heavy atom. The molecule has 0 fully saturated rings. The van der Waals surface area contributed by atoms with Gasteiger partial charge in [-0.2, -0.15) is 0 Å². The van der Waals surface area contributed by atoms with Crippen LogP contribution in [-0.4, -0.2) is 17.0 Å². The predicted molar refractivity (Wildman–Crippen MR) is 85.2 cm³/mol. The lowest BCUT2D eigenvalue weighted by Crippen LogP contribution is -2.15. The fourth-order valence-electron chi connectivity index (χ4n) is 1.73. The van der Waals surface area contributed by atoms with Crippen molar-refractivity contribution in [1.82, 2.24) is 0 Å². The van der Waals surface area contributed by atoms with Crippen LogP contribution >= 0.6 is 27.5 Å². The third-order valence-corrected chi connectivity index (χ3v) is 3.98. The van der Waals surface area contributed by atoms with Crippen LogP contribution in [0.4, 0.5) is 5.69 Å². The second-order valence-corrected chi connectivity index (χ2v) is 5.70. The largest absolute Gasteiger partial charge is 0.478 e. The second kappa shape index (κ2) is 6.28. The minimum Gasteiger partial charge on any atom is -0.478 e. The number of aromatic carboxylic acids is 1. The van der Waals surface area contributed by atoms with Crippen LogP contribution in [-0.2, 0) is 0 Å². The third-order valence-electron chi connectivity index (χ3n) is 2.89. The van der Waals surface area contributed by atoms with Gasteiger partial charge in [-0.3, -0.25) is 4.79 Å². The number of nitrogens with one attached hydrogen (secondary N) is 1. The highest BCUT2D eigenvalue weighted by molar-refractivity contribution is 9.10. The summed E-state index contributed by atoms with van der Waals surface area (Å²) in [6, 6.07) is 9.37. The summed E-state index contributed by atoms with van der Waals surface area (Å²) in [5.41, 5.74) is 1.57. The number of carboxylic acid groups (broad SMARTS) is 1. The van der Waals surface area contributed by atoms with E-state index in [9.17, 15) is 9.59 Å². The van der Waals surface area contributed by atoms with Crippen molar-refractivity contribution in [2.24, 2.45) is 0 Å². The Labute approximate surface area is 134 Å². The molecule has 2 aromatic rings. The average molecular weight is 369 g/mol. The van der Waals surface area contributed by atoms with Gasteiger partial charge in [0.25, 0.3) is 5.91 Å². The van der Waals surface area contributed by atoms with E-state index < -0.39 is 11.9 Å². The molecule has 0 aromatic heterocycles. The summed E-state index contributed by atoms with van der Waals surface area (Å²) in [5, 5.41) is 12.0.